The van der Waals surface area contributed by atoms with Crippen LogP contribution >= 0.6 is 0 Å². The lowest BCUT2D eigenvalue weighted by molar-refractivity contribution is -0.125. The van der Waals surface area contributed by atoms with Crippen molar-refractivity contribution >= 4 is 11.9 Å². The maximum absolute atomic E-state index is 13.4. The van der Waals surface area contributed by atoms with Crippen molar-refractivity contribution < 1.29 is 18.7 Å². The van der Waals surface area contributed by atoms with Crippen LogP contribution in [0.3, 0.4) is 0 Å². The van der Waals surface area contributed by atoms with Crippen molar-refractivity contribution in [1.29, 1.82) is 0 Å². The number of nitrogens with one attached hydrogen (secondary N) is 1. The summed E-state index contributed by atoms with van der Waals surface area (Å²) < 4.78 is 20.3. The first-order valence-electron chi connectivity index (χ1n) is 11.3. The van der Waals surface area contributed by atoms with Crippen LogP contribution < -0.4 is 5.32 Å². The maximum Gasteiger partial charge on any atom is 0.342 e. The van der Waals surface area contributed by atoms with Gasteiger partial charge in [-0.3, -0.25) is 4.79 Å². The normalized spacial score (nSPS) is 20.3. The third-order valence-electron chi connectivity index (χ3n) is 6.46. The number of rotatable bonds is 6. The van der Waals surface area contributed by atoms with Crippen LogP contribution in [0.4, 0.5) is 4.39 Å². The van der Waals surface area contributed by atoms with E-state index in [1.807, 2.05) is 30.3 Å². The summed E-state index contributed by atoms with van der Waals surface area (Å²) in [5, 5.41) is 7.54. The fourth-order valence-corrected chi connectivity index (χ4v) is 4.30. The molecule has 3 atom stereocenters. The van der Waals surface area contributed by atoms with Gasteiger partial charge in [-0.15, -0.1) is 0 Å². The lowest BCUT2D eigenvalue weighted by atomic mass is 9.78. The lowest BCUT2D eigenvalue weighted by Crippen LogP contribution is -2.45. The molecule has 1 heterocycles. The molecule has 172 valence electrons. The molecule has 0 aliphatic heterocycles. The van der Waals surface area contributed by atoms with Gasteiger partial charge in [0.1, 0.15) is 17.1 Å². The number of benzene rings is 2. The van der Waals surface area contributed by atoms with Crippen LogP contribution in [0.5, 0.6) is 0 Å². The molecule has 7 heteroatoms. The molecular weight excluding hydrogens is 421 g/mol. The summed E-state index contributed by atoms with van der Waals surface area (Å²) in [5.41, 5.74) is 1.91. The van der Waals surface area contributed by atoms with Crippen LogP contribution in [0.15, 0.2) is 60.8 Å². The van der Waals surface area contributed by atoms with Crippen molar-refractivity contribution in [3.63, 3.8) is 0 Å². The number of amides is 1. The second-order valence-electron chi connectivity index (χ2n) is 8.70. The first kappa shape index (κ1) is 22.7. The topological polar surface area (TPSA) is 73.2 Å². The molecule has 33 heavy (non-hydrogen) atoms. The monoisotopic (exact) mass is 449 g/mol. The SMILES string of the molecule is CC1CCCC(NC(=O)COC(=O)c2cn(-c3ccccc3)nc2-c2ccc(F)cc2)C1C. The fraction of sp³-hybridized carbons (Fsp3) is 0.346. The Morgan fingerprint density at radius 2 is 1.82 bits per heavy atom. The van der Waals surface area contributed by atoms with Gasteiger partial charge in [0.05, 0.1) is 5.69 Å². The first-order valence-corrected chi connectivity index (χ1v) is 11.3. The number of para-hydroxylation sites is 1. The Hall–Kier alpha value is -3.48. The van der Waals surface area contributed by atoms with Crippen molar-refractivity contribution in [3.05, 3.63) is 72.2 Å². The summed E-state index contributed by atoms with van der Waals surface area (Å²) in [4.78, 5) is 25.4. The van der Waals surface area contributed by atoms with E-state index in [-0.39, 0.29) is 29.9 Å². The van der Waals surface area contributed by atoms with E-state index < -0.39 is 5.97 Å². The van der Waals surface area contributed by atoms with E-state index in [0.717, 1.165) is 18.5 Å². The second kappa shape index (κ2) is 9.98. The van der Waals surface area contributed by atoms with Crippen LogP contribution in [0.25, 0.3) is 16.9 Å². The average molecular weight is 450 g/mol. The van der Waals surface area contributed by atoms with E-state index in [1.54, 1.807) is 23.0 Å². The van der Waals surface area contributed by atoms with Gasteiger partial charge >= 0.3 is 5.97 Å². The van der Waals surface area contributed by atoms with Crippen molar-refractivity contribution in [3.8, 4) is 16.9 Å². The Labute approximate surface area is 192 Å². The summed E-state index contributed by atoms with van der Waals surface area (Å²) in [6, 6.07) is 15.2. The Kier molecular flexibility index (Phi) is 6.87. The van der Waals surface area contributed by atoms with Crippen molar-refractivity contribution in [2.45, 2.75) is 39.2 Å². The number of nitrogens with zero attached hydrogens (tertiary/aromatic N) is 2. The minimum Gasteiger partial charge on any atom is -0.452 e. The largest absolute Gasteiger partial charge is 0.452 e. The molecule has 0 spiro atoms. The van der Waals surface area contributed by atoms with E-state index in [9.17, 15) is 14.0 Å². The molecule has 1 fully saturated rings. The zero-order chi connectivity index (χ0) is 23.4. The molecule has 0 bridgehead atoms. The van der Waals surface area contributed by atoms with Gasteiger partial charge in [-0.25, -0.2) is 13.9 Å². The number of carbonyl (C=O) groups is 2. The molecule has 4 rings (SSSR count). The van der Waals surface area contributed by atoms with Gasteiger partial charge in [-0.1, -0.05) is 44.9 Å². The Balaban J connectivity index is 1.50. The van der Waals surface area contributed by atoms with E-state index in [4.69, 9.17) is 4.74 Å². The zero-order valence-electron chi connectivity index (χ0n) is 18.8. The summed E-state index contributed by atoms with van der Waals surface area (Å²) in [5.74, 6) is -0.417. The number of halogens is 1. The number of hydrogen-bond acceptors (Lipinski definition) is 4. The molecule has 6 nitrogen and oxygen atoms in total. The van der Waals surface area contributed by atoms with E-state index in [2.05, 4.69) is 24.3 Å². The molecule has 1 aliphatic rings. The van der Waals surface area contributed by atoms with Crippen molar-refractivity contribution in [1.82, 2.24) is 15.1 Å². The van der Waals surface area contributed by atoms with Gasteiger partial charge < -0.3 is 10.1 Å². The smallest absolute Gasteiger partial charge is 0.342 e. The summed E-state index contributed by atoms with van der Waals surface area (Å²) in [7, 11) is 0. The molecule has 1 amide bonds. The third-order valence-corrected chi connectivity index (χ3v) is 6.46. The van der Waals surface area contributed by atoms with Gasteiger partial charge in [-0.2, -0.15) is 5.10 Å². The van der Waals surface area contributed by atoms with Crippen LogP contribution in [0.2, 0.25) is 0 Å². The molecule has 1 aromatic heterocycles. The van der Waals surface area contributed by atoms with Gasteiger partial charge in [0.15, 0.2) is 6.61 Å². The number of carbonyl (C=O) groups excluding carboxylic acids is 2. The summed E-state index contributed by atoms with van der Waals surface area (Å²) in [6.07, 6.45) is 4.75. The molecule has 1 saturated carbocycles. The quantitative estimate of drug-likeness (QED) is 0.550. The molecule has 2 aromatic carbocycles. The number of ether oxygens (including phenoxy) is 1. The molecule has 3 aromatic rings. The zero-order valence-corrected chi connectivity index (χ0v) is 18.8. The van der Waals surface area contributed by atoms with Gasteiger partial charge in [0, 0.05) is 17.8 Å². The second-order valence-corrected chi connectivity index (χ2v) is 8.70. The van der Waals surface area contributed by atoms with Crippen molar-refractivity contribution in [2.24, 2.45) is 11.8 Å². The Morgan fingerprint density at radius 1 is 1.09 bits per heavy atom. The van der Waals surface area contributed by atoms with E-state index in [1.165, 1.54) is 18.6 Å². The summed E-state index contributed by atoms with van der Waals surface area (Å²) in [6.45, 7) is 3.98. The molecular formula is C26H28FN3O3. The Bertz CT molecular complexity index is 1110. The lowest BCUT2D eigenvalue weighted by Gasteiger charge is -2.34. The minimum absolute atomic E-state index is 0.0931. The summed E-state index contributed by atoms with van der Waals surface area (Å²) >= 11 is 0. The fourth-order valence-electron chi connectivity index (χ4n) is 4.30. The number of hydrogen-bond donors (Lipinski definition) is 1. The predicted molar refractivity (Wildman–Crippen MR) is 123 cm³/mol. The van der Waals surface area contributed by atoms with Gasteiger partial charge in [0.25, 0.3) is 5.91 Å². The van der Waals surface area contributed by atoms with Gasteiger partial charge in [-0.05, 0) is 54.7 Å². The van der Waals surface area contributed by atoms with Crippen LogP contribution in [0, 0.1) is 17.7 Å². The highest BCUT2D eigenvalue weighted by Gasteiger charge is 2.28. The third kappa shape index (κ3) is 5.30. The Morgan fingerprint density at radius 3 is 2.55 bits per heavy atom. The molecule has 1 N–H and O–H groups in total. The highest BCUT2D eigenvalue weighted by molar-refractivity contribution is 5.97. The average Bonchev–Trinajstić information content (AvgIpc) is 3.27. The molecule has 0 radical (unpaired) electrons. The van der Waals surface area contributed by atoms with Gasteiger partial charge in [0.2, 0.25) is 0 Å². The number of esters is 1. The van der Waals surface area contributed by atoms with Crippen LogP contribution in [-0.2, 0) is 9.53 Å². The number of aromatic nitrogens is 2. The van der Waals surface area contributed by atoms with Crippen LogP contribution in [0.1, 0.15) is 43.5 Å². The van der Waals surface area contributed by atoms with E-state index >= 15 is 0 Å². The minimum atomic E-state index is -0.656. The predicted octanol–water partition coefficient (Wildman–Crippen LogP) is 4.78. The standard InChI is InChI=1S/C26H28FN3O3/c1-17-7-6-10-23(18(17)2)28-24(31)16-33-26(32)22-15-30(21-8-4-3-5-9-21)29-25(22)19-11-13-20(27)14-12-19/h3-5,8-9,11-15,17-18,23H,6-7,10,16H2,1-2H3,(H,28,31). The maximum atomic E-state index is 13.4. The highest BCUT2D eigenvalue weighted by atomic mass is 19.1. The van der Waals surface area contributed by atoms with Crippen molar-refractivity contribution in [2.75, 3.05) is 6.61 Å². The molecule has 3 unspecified atom stereocenters. The van der Waals surface area contributed by atoms with Crippen LogP contribution in [-0.4, -0.2) is 34.3 Å². The first-order chi connectivity index (χ1) is 15.9. The van der Waals surface area contributed by atoms with E-state index in [0.29, 0.717) is 23.1 Å². The molecule has 0 saturated heterocycles. The molecule has 1 aliphatic carbocycles. The highest BCUT2D eigenvalue weighted by Crippen LogP contribution is 2.29.